The Bertz CT molecular complexity index is 422. The highest BCUT2D eigenvalue weighted by Crippen LogP contribution is 2.03. The van der Waals surface area contributed by atoms with Gasteiger partial charge in [0.1, 0.15) is 5.69 Å². The van der Waals surface area contributed by atoms with Crippen LogP contribution in [0.5, 0.6) is 0 Å². The zero-order chi connectivity index (χ0) is 11.5. The highest BCUT2D eigenvalue weighted by molar-refractivity contribution is 5.92. The van der Waals surface area contributed by atoms with Gasteiger partial charge in [-0.05, 0) is 13.0 Å². The molecule has 6 heteroatoms. The van der Waals surface area contributed by atoms with Crippen LogP contribution >= 0.6 is 0 Å². The number of hydrogen-bond acceptors (Lipinski definition) is 4. The van der Waals surface area contributed by atoms with Gasteiger partial charge in [0.15, 0.2) is 0 Å². The molecule has 1 unspecified atom stereocenters. The quantitative estimate of drug-likeness (QED) is 0.652. The zero-order valence-electron chi connectivity index (χ0n) is 9.06. The van der Waals surface area contributed by atoms with Crippen LogP contribution in [0.25, 0.3) is 0 Å². The average Bonchev–Trinajstić information content (AvgIpc) is 2.29. The molecule has 1 amide bonds. The van der Waals surface area contributed by atoms with E-state index in [2.05, 4.69) is 15.5 Å². The summed E-state index contributed by atoms with van der Waals surface area (Å²) in [6, 6.07) is 3.06. The zero-order valence-corrected chi connectivity index (χ0v) is 9.06. The standard InChI is InChI=1S/C10H14N4O2/c1-7-6-14(5-4-11-7)10(16)8-2-3-9(15)13-12-8/h2-3,7,11H,4-6H2,1H3,(H,13,15). The normalized spacial score (nSPS) is 20.8. The molecule has 0 saturated carbocycles. The summed E-state index contributed by atoms with van der Waals surface area (Å²) in [5, 5.41) is 9.25. The molecule has 0 spiro atoms. The number of hydrogen-bond donors (Lipinski definition) is 2. The molecular formula is C10H14N4O2. The van der Waals surface area contributed by atoms with E-state index in [1.807, 2.05) is 6.92 Å². The first kappa shape index (κ1) is 10.8. The predicted molar refractivity (Wildman–Crippen MR) is 58.2 cm³/mol. The number of nitrogens with zero attached hydrogens (tertiary/aromatic N) is 2. The second-order valence-corrected chi connectivity index (χ2v) is 3.91. The Morgan fingerprint density at radius 1 is 1.56 bits per heavy atom. The molecule has 1 aliphatic heterocycles. The van der Waals surface area contributed by atoms with Crippen molar-refractivity contribution in [2.45, 2.75) is 13.0 Å². The molecule has 1 aromatic heterocycles. The molecule has 0 aromatic carbocycles. The van der Waals surface area contributed by atoms with Crippen molar-refractivity contribution in [2.24, 2.45) is 0 Å². The second-order valence-electron chi connectivity index (χ2n) is 3.91. The molecule has 2 N–H and O–H groups in total. The lowest BCUT2D eigenvalue weighted by Gasteiger charge is -2.31. The number of rotatable bonds is 1. The van der Waals surface area contributed by atoms with Crippen LogP contribution in [0.4, 0.5) is 0 Å². The van der Waals surface area contributed by atoms with Crippen molar-refractivity contribution < 1.29 is 4.79 Å². The summed E-state index contributed by atoms with van der Waals surface area (Å²) < 4.78 is 0. The fourth-order valence-corrected chi connectivity index (χ4v) is 1.74. The van der Waals surface area contributed by atoms with Crippen LogP contribution in [-0.4, -0.2) is 46.7 Å². The molecule has 1 saturated heterocycles. The Hall–Kier alpha value is -1.69. The van der Waals surface area contributed by atoms with E-state index < -0.39 is 0 Å². The lowest BCUT2D eigenvalue weighted by atomic mass is 10.2. The molecule has 2 heterocycles. The van der Waals surface area contributed by atoms with Crippen LogP contribution in [0.1, 0.15) is 17.4 Å². The van der Waals surface area contributed by atoms with Crippen LogP contribution in [-0.2, 0) is 0 Å². The van der Waals surface area contributed by atoms with E-state index in [9.17, 15) is 9.59 Å². The molecule has 2 rings (SSSR count). The number of amides is 1. The van der Waals surface area contributed by atoms with Crippen molar-refractivity contribution >= 4 is 5.91 Å². The minimum absolute atomic E-state index is 0.135. The van der Waals surface area contributed by atoms with Crippen LogP contribution in [0.3, 0.4) is 0 Å². The maximum absolute atomic E-state index is 12.0. The SMILES string of the molecule is CC1CN(C(=O)c2ccc(=O)[nH]n2)CCN1. The van der Waals surface area contributed by atoms with Gasteiger partial charge in [0.05, 0.1) is 0 Å². The van der Waals surface area contributed by atoms with Crippen molar-refractivity contribution in [3.63, 3.8) is 0 Å². The largest absolute Gasteiger partial charge is 0.334 e. The van der Waals surface area contributed by atoms with Gasteiger partial charge in [-0.1, -0.05) is 0 Å². The number of carbonyl (C=O) groups excluding carboxylic acids is 1. The van der Waals surface area contributed by atoms with Gasteiger partial charge in [-0.2, -0.15) is 5.10 Å². The summed E-state index contributed by atoms with van der Waals surface area (Å²) >= 11 is 0. The van der Waals surface area contributed by atoms with E-state index in [-0.39, 0.29) is 17.2 Å². The monoisotopic (exact) mass is 222 g/mol. The van der Waals surface area contributed by atoms with Crippen molar-refractivity contribution in [1.29, 1.82) is 0 Å². The molecule has 0 bridgehead atoms. The van der Waals surface area contributed by atoms with Gasteiger partial charge in [-0.25, -0.2) is 5.10 Å². The van der Waals surface area contributed by atoms with E-state index in [0.717, 1.165) is 6.54 Å². The number of piperazine rings is 1. The molecule has 16 heavy (non-hydrogen) atoms. The third-order valence-corrected chi connectivity index (χ3v) is 2.55. The first-order chi connectivity index (χ1) is 7.66. The molecule has 0 aliphatic carbocycles. The Balaban J connectivity index is 2.12. The minimum atomic E-state index is -0.301. The minimum Gasteiger partial charge on any atom is -0.334 e. The third-order valence-electron chi connectivity index (χ3n) is 2.55. The smallest absolute Gasteiger partial charge is 0.274 e. The summed E-state index contributed by atoms with van der Waals surface area (Å²) in [5.41, 5.74) is -0.0149. The van der Waals surface area contributed by atoms with E-state index in [1.54, 1.807) is 4.90 Å². The van der Waals surface area contributed by atoms with Crippen LogP contribution in [0.15, 0.2) is 16.9 Å². The van der Waals surface area contributed by atoms with Gasteiger partial charge in [0.2, 0.25) is 0 Å². The van der Waals surface area contributed by atoms with Gasteiger partial charge in [-0.3, -0.25) is 9.59 Å². The van der Waals surface area contributed by atoms with E-state index in [4.69, 9.17) is 0 Å². The molecule has 0 radical (unpaired) electrons. The molecule has 6 nitrogen and oxygen atoms in total. The van der Waals surface area contributed by atoms with E-state index >= 15 is 0 Å². The summed E-state index contributed by atoms with van der Waals surface area (Å²) in [6.07, 6.45) is 0. The number of aromatic nitrogens is 2. The molecular weight excluding hydrogens is 208 g/mol. The second kappa shape index (κ2) is 4.44. The molecule has 1 atom stereocenters. The fraction of sp³-hybridized carbons (Fsp3) is 0.500. The van der Waals surface area contributed by atoms with Crippen LogP contribution in [0, 0.1) is 0 Å². The Morgan fingerprint density at radius 2 is 2.38 bits per heavy atom. The van der Waals surface area contributed by atoms with E-state index in [1.165, 1.54) is 12.1 Å². The van der Waals surface area contributed by atoms with Crippen molar-refractivity contribution in [2.75, 3.05) is 19.6 Å². The summed E-state index contributed by atoms with van der Waals surface area (Å²) in [4.78, 5) is 24.5. The lowest BCUT2D eigenvalue weighted by Crippen LogP contribution is -2.51. The average molecular weight is 222 g/mol. The van der Waals surface area contributed by atoms with Gasteiger partial charge >= 0.3 is 0 Å². The molecule has 1 aromatic rings. The number of nitrogens with one attached hydrogen (secondary N) is 2. The highest BCUT2D eigenvalue weighted by atomic mass is 16.2. The molecule has 86 valence electrons. The van der Waals surface area contributed by atoms with Crippen molar-refractivity contribution in [3.05, 3.63) is 28.2 Å². The summed E-state index contributed by atoms with van der Waals surface area (Å²) in [6.45, 7) is 4.15. The van der Waals surface area contributed by atoms with Gasteiger partial charge in [-0.15, -0.1) is 0 Å². The van der Waals surface area contributed by atoms with E-state index in [0.29, 0.717) is 19.1 Å². The number of carbonyl (C=O) groups is 1. The Labute approximate surface area is 92.7 Å². The number of aromatic amines is 1. The van der Waals surface area contributed by atoms with Gasteiger partial charge in [0.25, 0.3) is 11.5 Å². The van der Waals surface area contributed by atoms with Crippen molar-refractivity contribution in [1.82, 2.24) is 20.4 Å². The maximum atomic E-state index is 12.0. The molecule has 1 fully saturated rings. The fourth-order valence-electron chi connectivity index (χ4n) is 1.74. The summed E-state index contributed by atoms with van der Waals surface area (Å²) in [7, 11) is 0. The lowest BCUT2D eigenvalue weighted by molar-refractivity contribution is 0.0702. The van der Waals surface area contributed by atoms with Crippen LogP contribution in [0.2, 0.25) is 0 Å². The predicted octanol–water partition coefficient (Wildman–Crippen LogP) is -0.796. The van der Waals surface area contributed by atoms with Crippen LogP contribution < -0.4 is 10.9 Å². The third kappa shape index (κ3) is 2.27. The molecule has 1 aliphatic rings. The summed E-state index contributed by atoms with van der Waals surface area (Å²) in [5.74, 6) is -0.135. The Morgan fingerprint density at radius 3 is 3.00 bits per heavy atom. The topological polar surface area (TPSA) is 78.1 Å². The first-order valence-corrected chi connectivity index (χ1v) is 5.25. The van der Waals surface area contributed by atoms with Gasteiger partial charge < -0.3 is 10.2 Å². The Kier molecular flexibility index (Phi) is 3.00. The first-order valence-electron chi connectivity index (χ1n) is 5.25. The van der Waals surface area contributed by atoms with Gasteiger partial charge in [0, 0.05) is 31.7 Å². The highest BCUT2D eigenvalue weighted by Gasteiger charge is 2.22. The maximum Gasteiger partial charge on any atom is 0.274 e. The van der Waals surface area contributed by atoms with Crippen molar-refractivity contribution in [3.8, 4) is 0 Å². The number of H-pyrrole nitrogens is 1.